The van der Waals surface area contributed by atoms with Gasteiger partial charge in [-0.15, -0.1) is 0 Å². The molecule has 0 fully saturated rings. The van der Waals surface area contributed by atoms with E-state index in [0.29, 0.717) is 18.8 Å². The summed E-state index contributed by atoms with van der Waals surface area (Å²) in [7, 11) is -1.90. The van der Waals surface area contributed by atoms with Gasteiger partial charge < -0.3 is 14.5 Å². The van der Waals surface area contributed by atoms with Gasteiger partial charge in [-0.1, -0.05) is 37.6 Å². The van der Waals surface area contributed by atoms with E-state index in [1.54, 1.807) is 23.1 Å². The summed E-state index contributed by atoms with van der Waals surface area (Å²) in [6.07, 6.45) is 1.57. The second-order valence-corrected chi connectivity index (χ2v) is 12.2. The largest absolute Gasteiger partial charge is 0.492 e. The predicted octanol–water partition coefficient (Wildman–Crippen LogP) is 3.40. The lowest BCUT2D eigenvalue weighted by atomic mass is 10.1. The molecule has 2 aliphatic heterocycles. The molecule has 1 unspecified atom stereocenters. The van der Waals surface area contributed by atoms with Crippen molar-refractivity contribution in [2.75, 3.05) is 31.6 Å². The Balaban J connectivity index is 1.62. The number of sulfonamides is 1. The average molecular weight is 499 g/mol. The number of carbonyl (C=O) groups is 1. The Labute approximate surface area is 208 Å². The molecule has 1 atom stereocenters. The van der Waals surface area contributed by atoms with Crippen molar-refractivity contribution in [2.24, 2.45) is 10.9 Å². The molecule has 0 N–H and O–H groups in total. The van der Waals surface area contributed by atoms with Crippen molar-refractivity contribution in [3.05, 3.63) is 59.2 Å². The van der Waals surface area contributed by atoms with Crippen LogP contribution in [0.25, 0.3) is 0 Å². The number of rotatable bonds is 6. The molecule has 1 amide bonds. The molecule has 0 aliphatic carbocycles. The SMILES string of the molecule is Cc1ccc(N(Cc2ccc3c(c2)CN(S(=O)(=O)C2(C)CN(C)C=N2)CCO3)C(=O)C(C)C)cc1. The summed E-state index contributed by atoms with van der Waals surface area (Å²) in [5, 5.41) is 0. The number of hydrogen-bond acceptors (Lipinski definition) is 6. The predicted molar refractivity (Wildman–Crippen MR) is 138 cm³/mol. The minimum atomic E-state index is -3.72. The maximum absolute atomic E-state index is 13.5. The van der Waals surface area contributed by atoms with Gasteiger partial charge in [0.1, 0.15) is 12.4 Å². The summed E-state index contributed by atoms with van der Waals surface area (Å²) in [4.78, 5) is 19.7. The number of anilines is 1. The van der Waals surface area contributed by atoms with Gasteiger partial charge in [0.25, 0.3) is 0 Å². The Hall–Kier alpha value is -2.91. The van der Waals surface area contributed by atoms with Gasteiger partial charge in [-0.3, -0.25) is 4.79 Å². The molecule has 9 heteroatoms. The fraction of sp³-hybridized carbons (Fsp3) is 0.462. The highest BCUT2D eigenvalue weighted by Gasteiger charge is 2.46. The molecule has 188 valence electrons. The number of aryl methyl sites for hydroxylation is 1. The van der Waals surface area contributed by atoms with Crippen LogP contribution in [0, 0.1) is 12.8 Å². The number of nitrogens with zero attached hydrogens (tertiary/aromatic N) is 4. The first-order valence-electron chi connectivity index (χ1n) is 11.9. The molecule has 0 aromatic heterocycles. The van der Waals surface area contributed by atoms with Crippen molar-refractivity contribution in [2.45, 2.75) is 45.7 Å². The van der Waals surface area contributed by atoms with E-state index in [0.717, 1.165) is 22.4 Å². The van der Waals surface area contributed by atoms with Gasteiger partial charge in [0, 0.05) is 37.3 Å². The molecule has 2 aromatic carbocycles. The third kappa shape index (κ3) is 5.06. The summed E-state index contributed by atoms with van der Waals surface area (Å²) in [5.74, 6) is 0.535. The van der Waals surface area contributed by atoms with Crippen molar-refractivity contribution >= 4 is 28.0 Å². The third-order valence-corrected chi connectivity index (χ3v) is 8.82. The van der Waals surface area contributed by atoms with E-state index in [9.17, 15) is 13.2 Å². The van der Waals surface area contributed by atoms with Crippen LogP contribution >= 0.6 is 0 Å². The number of amides is 1. The fourth-order valence-corrected chi connectivity index (χ4v) is 6.16. The standard InChI is InChI=1S/C26H34N4O4S/c1-19(2)25(31)30(23-9-6-20(3)7-10-23)15-21-8-11-24-22(14-21)16-29(12-13-34-24)35(32,33)26(4)17-28(5)18-27-26/h6-11,14,18-19H,12-13,15-17H2,1-5H3. The number of likely N-dealkylation sites (N-methyl/N-ethyl adjacent to an activating group) is 1. The summed E-state index contributed by atoms with van der Waals surface area (Å²) in [5.41, 5.74) is 3.65. The number of ether oxygens (including phenoxy) is 1. The number of aliphatic imine (C=N–C) groups is 1. The molecule has 4 rings (SSSR count). The molecule has 0 saturated carbocycles. The van der Waals surface area contributed by atoms with Gasteiger partial charge in [0.2, 0.25) is 15.9 Å². The van der Waals surface area contributed by atoms with Crippen LogP contribution in [0.15, 0.2) is 47.5 Å². The second kappa shape index (κ2) is 9.62. The molecule has 35 heavy (non-hydrogen) atoms. The van der Waals surface area contributed by atoms with Crippen molar-refractivity contribution in [3.8, 4) is 5.75 Å². The zero-order chi connectivity index (χ0) is 25.4. The van der Waals surface area contributed by atoms with Gasteiger partial charge in [0.05, 0.1) is 19.4 Å². The highest BCUT2D eigenvalue weighted by molar-refractivity contribution is 7.90. The van der Waals surface area contributed by atoms with E-state index >= 15 is 0 Å². The lowest BCUT2D eigenvalue weighted by Crippen LogP contribution is -2.48. The molecule has 0 radical (unpaired) electrons. The average Bonchev–Trinajstić information content (AvgIpc) is 3.04. The highest BCUT2D eigenvalue weighted by atomic mass is 32.2. The molecular weight excluding hydrogens is 464 g/mol. The molecular formula is C26H34N4O4S. The summed E-state index contributed by atoms with van der Waals surface area (Å²) < 4.78 is 34.4. The summed E-state index contributed by atoms with van der Waals surface area (Å²) in [6, 6.07) is 13.7. The van der Waals surface area contributed by atoms with Gasteiger partial charge in [-0.05, 0) is 43.7 Å². The second-order valence-electron chi connectivity index (χ2n) is 9.88. The normalized spacial score (nSPS) is 20.5. The Morgan fingerprint density at radius 3 is 2.54 bits per heavy atom. The molecule has 2 heterocycles. The van der Waals surface area contributed by atoms with Crippen LogP contribution in [0.1, 0.15) is 37.5 Å². The first-order valence-corrected chi connectivity index (χ1v) is 13.3. The van der Waals surface area contributed by atoms with E-state index < -0.39 is 14.9 Å². The number of fused-ring (bicyclic) bond motifs is 1. The molecule has 0 spiro atoms. The van der Waals surface area contributed by atoms with Crippen LogP contribution < -0.4 is 9.64 Å². The molecule has 2 aromatic rings. The fourth-order valence-electron chi connectivity index (χ4n) is 4.43. The van der Waals surface area contributed by atoms with Crippen molar-refractivity contribution < 1.29 is 17.9 Å². The van der Waals surface area contributed by atoms with Gasteiger partial charge in [-0.25, -0.2) is 13.4 Å². The van der Waals surface area contributed by atoms with Gasteiger partial charge in [0.15, 0.2) is 4.87 Å². The summed E-state index contributed by atoms with van der Waals surface area (Å²) >= 11 is 0. The van der Waals surface area contributed by atoms with Crippen LogP contribution in [0.3, 0.4) is 0 Å². The molecule has 0 bridgehead atoms. The lowest BCUT2D eigenvalue weighted by Gasteiger charge is -2.29. The number of hydrogen-bond donors (Lipinski definition) is 0. The van der Waals surface area contributed by atoms with Crippen molar-refractivity contribution in [1.82, 2.24) is 9.21 Å². The monoisotopic (exact) mass is 498 g/mol. The lowest BCUT2D eigenvalue weighted by molar-refractivity contribution is -0.121. The molecule has 0 saturated heterocycles. The zero-order valence-corrected chi connectivity index (χ0v) is 21.9. The van der Waals surface area contributed by atoms with E-state index in [1.807, 2.05) is 70.3 Å². The molecule has 8 nitrogen and oxygen atoms in total. The van der Waals surface area contributed by atoms with Crippen LogP contribution in [-0.4, -0.2) is 61.5 Å². The summed E-state index contributed by atoms with van der Waals surface area (Å²) in [6.45, 7) is 8.85. The van der Waals surface area contributed by atoms with Crippen LogP contribution in [0.5, 0.6) is 5.75 Å². The Morgan fingerprint density at radius 2 is 1.91 bits per heavy atom. The third-order valence-electron chi connectivity index (χ3n) is 6.48. The van der Waals surface area contributed by atoms with E-state index in [-0.39, 0.29) is 31.5 Å². The van der Waals surface area contributed by atoms with Crippen LogP contribution in [0.2, 0.25) is 0 Å². The first kappa shape index (κ1) is 25.2. The first-order chi connectivity index (χ1) is 16.5. The van der Waals surface area contributed by atoms with Crippen LogP contribution in [0.4, 0.5) is 5.69 Å². The van der Waals surface area contributed by atoms with Gasteiger partial charge in [-0.2, -0.15) is 4.31 Å². The maximum atomic E-state index is 13.5. The smallest absolute Gasteiger partial charge is 0.242 e. The Kier molecular flexibility index (Phi) is 6.92. The number of carbonyl (C=O) groups excluding carboxylic acids is 1. The quantitative estimate of drug-likeness (QED) is 0.610. The van der Waals surface area contributed by atoms with Crippen LogP contribution in [-0.2, 0) is 27.9 Å². The minimum Gasteiger partial charge on any atom is -0.492 e. The van der Waals surface area contributed by atoms with E-state index in [2.05, 4.69) is 4.99 Å². The van der Waals surface area contributed by atoms with Crippen molar-refractivity contribution in [3.63, 3.8) is 0 Å². The minimum absolute atomic E-state index is 0.0281. The van der Waals surface area contributed by atoms with E-state index in [4.69, 9.17) is 4.74 Å². The maximum Gasteiger partial charge on any atom is 0.242 e. The number of benzene rings is 2. The Bertz CT molecular complexity index is 1230. The highest BCUT2D eigenvalue weighted by Crippen LogP contribution is 2.32. The molecule has 2 aliphatic rings. The Morgan fingerprint density at radius 1 is 1.20 bits per heavy atom. The van der Waals surface area contributed by atoms with E-state index in [1.165, 1.54) is 4.31 Å². The van der Waals surface area contributed by atoms with Gasteiger partial charge >= 0.3 is 0 Å². The topological polar surface area (TPSA) is 82.5 Å². The zero-order valence-electron chi connectivity index (χ0n) is 21.1. The van der Waals surface area contributed by atoms with Crippen molar-refractivity contribution in [1.29, 1.82) is 0 Å².